The lowest BCUT2D eigenvalue weighted by atomic mass is 10.3. The van der Waals surface area contributed by atoms with Gasteiger partial charge in [0.15, 0.2) is 5.96 Å². The first-order chi connectivity index (χ1) is 5.45. The zero-order chi connectivity index (χ0) is 9.72. The molecular formula is C6H15N5O. The van der Waals surface area contributed by atoms with E-state index in [4.69, 9.17) is 17.2 Å². The summed E-state index contributed by atoms with van der Waals surface area (Å²) in [5.41, 5.74) is 15.6. The fourth-order valence-electron chi connectivity index (χ4n) is 0.613. The number of likely N-dealkylation sites (N-methyl/N-ethyl adjacent to an activating group) is 1. The van der Waals surface area contributed by atoms with E-state index in [1.165, 1.54) is 4.90 Å². The van der Waals surface area contributed by atoms with E-state index in [1.54, 1.807) is 14.1 Å². The van der Waals surface area contributed by atoms with Crippen LogP contribution in [0.2, 0.25) is 0 Å². The van der Waals surface area contributed by atoms with Crippen molar-refractivity contribution in [1.82, 2.24) is 4.90 Å². The molecule has 0 aromatic rings. The number of aliphatic imine (C=N–C) groups is 1. The summed E-state index contributed by atoms with van der Waals surface area (Å²) >= 11 is 0. The third kappa shape index (κ3) is 3.77. The van der Waals surface area contributed by atoms with Crippen LogP contribution in [-0.2, 0) is 4.79 Å². The lowest BCUT2D eigenvalue weighted by Crippen LogP contribution is -2.42. The molecule has 0 aromatic heterocycles. The molecule has 0 radical (unpaired) electrons. The van der Waals surface area contributed by atoms with E-state index in [2.05, 4.69) is 4.99 Å². The summed E-state index contributed by atoms with van der Waals surface area (Å²) in [6.45, 7) is 0.124. The molecule has 0 aromatic carbocycles. The molecule has 0 fully saturated rings. The molecule has 0 saturated heterocycles. The van der Waals surface area contributed by atoms with Gasteiger partial charge in [0.05, 0.1) is 6.54 Å². The Hall–Kier alpha value is -1.30. The summed E-state index contributed by atoms with van der Waals surface area (Å²) in [7, 11) is 3.25. The molecule has 70 valence electrons. The van der Waals surface area contributed by atoms with E-state index in [9.17, 15) is 4.79 Å². The molecular weight excluding hydrogens is 158 g/mol. The Morgan fingerprint density at radius 3 is 2.33 bits per heavy atom. The van der Waals surface area contributed by atoms with Gasteiger partial charge >= 0.3 is 0 Å². The number of amides is 1. The zero-order valence-corrected chi connectivity index (χ0v) is 7.32. The van der Waals surface area contributed by atoms with E-state index < -0.39 is 6.04 Å². The van der Waals surface area contributed by atoms with E-state index in [1.807, 2.05) is 0 Å². The number of hydrogen-bond donors (Lipinski definition) is 3. The predicted molar refractivity (Wildman–Crippen MR) is 47.3 cm³/mol. The van der Waals surface area contributed by atoms with E-state index in [0.29, 0.717) is 0 Å². The lowest BCUT2D eigenvalue weighted by Gasteiger charge is -2.14. The lowest BCUT2D eigenvalue weighted by molar-refractivity contribution is -0.129. The summed E-state index contributed by atoms with van der Waals surface area (Å²) in [5, 5.41) is 0. The summed E-state index contributed by atoms with van der Waals surface area (Å²) in [6, 6.07) is -0.665. The van der Waals surface area contributed by atoms with E-state index >= 15 is 0 Å². The summed E-state index contributed by atoms with van der Waals surface area (Å²) in [5.74, 6) is -0.253. The van der Waals surface area contributed by atoms with Gasteiger partial charge in [-0.15, -0.1) is 0 Å². The maximum Gasteiger partial charge on any atom is 0.240 e. The van der Waals surface area contributed by atoms with Crippen LogP contribution in [0, 0.1) is 0 Å². The van der Waals surface area contributed by atoms with Gasteiger partial charge in [-0.3, -0.25) is 9.79 Å². The van der Waals surface area contributed by atoms with Crippen LogP contribution in [0.1, 0.15) is 0 Å². The normalized spacial score (nSPS) is 11.9. The average molecular weight is 173 g/mol. The molecule has 0 aliphatic heterocycles. The van der Waals surface area contributed by atoms with Crippen molar-refractivity contribution < 1.29 is 4.79 Å². The van der Waals surface area contributed by atoms with Gasteiger partial charge in [-0.2, -0.15) is 0 Å². The summed E-state index contributed by atoms with van der Waals surface area (Å²) in [6.07, 6.45) is 0. The molecule has 6 heteroatoms. The Morgan fingerprint density at radius 2 is 2.00 bits per heavy atom. The number of rotatable bonds is 3. The first-order valence-electron chi connectivity index (χ1n) is 3.47. The Bertz CT molecular complexity index is 184. The number of nitrogens with two attached hydrogens (primary N) is 3. The minimum atomic E-state index is -0.665. The first-order valence-corrected chi connectivity index (χ1v) is 3.47. The Balaban J connectivity index is 3.96. The van der Waals surface area contributed by atoms with Gasteiger partial charge in [0.2, 0.25) is 5.91 Å². The highest BCUT2D eigenvalue weighted by atomic mass is 16.2. The van der Waals surface area contributed by atoms with Crippen molar-refractivity contribution in [1.29, 1.82) is 0 Å². The third-order valence-corrected chi connectivity index (χ3v) is 1.23. The molecule has 0 heterocycles. The second kappa shape index (κ2) is 4.55. The third-order valence-electron chi connectivity index (χ3n) is 1.23. The SMILES string of the molecule is CN(C)C(=O)C(N)CN=C(N)N. The number of carbonyl (C=O) groups excluding carboxylic acids is 1. The van der Waals surface area contributed by atoms with Gasteiger partial charge in [0.1, 0.15) is 6.04 Å². The van der Waals surface area contributed by atoms with Crippen molar-refractivity contribution in [3.63, 3.8) is 0 Å². The number of guanidine groups is 1. The Labute approximate surface area is 71.4 Å². The van der Waals surface area contributed by atoms with Crippen LogP contribution in [0.15, 0.2) is 4.99 Å². The van der Waals surface area contributed by atoms with Crippen molar-refractivity contribution in [3.8, 4) is 0 Å². The maximum absolute atomic E-state index is 11.1. The van der Waals surface area contributed by atoms with Crippen molar-refractivity contribution in [2.75, 3.05) is 20.6 Å². The van der Waals surface area contributed by atoms with Crippen molar-refractivity contribution >= 4 is 11.9 Å². The van der Waals surface area contributed by atoms with Crippen LogP contribution in [0.3, 0.4) is 0 Å². The van der Waals surface area contributed by atoms with Crippen LogP contribution in [-0.4, -0.2) is 43.4 Å². The highest BCUT2D eigenvalue weighted by Gasteiger charge is 2.13. The summed E-state index contributed by atoms with van der Waals surface area (Å²) in [4.78, 5) is 16.1. The van der Waals surface area contributed by atoms with Crippen LogP contribution in [0.25, 0.3) is 0 Å². The first kappa shape index (κ1) is 10.7. The topological polar surface area (TPSA) is 111 Å². The van der Waals surface area contributed by atoms with Gasteiger partial charge in [0, 0.05) is 14.1 Å². The molecule has 6 N–H and O–H groups in total. The van der Waals surface area contributed by atoms with Crippen LogP contribution in [0.5, 0.6) is 0 Å². The van der Waals surface area contributed by atoms with Crippen molar-refractivity contribution in [3.05, 3.63) is 0 Å². The standard InChI is InChI=1S/C6H15N5O/c1-11(2)5(12)4(7)3-10-6(8)9/h4H,3,7H2,1-2H3,(H4,8,9,10). The second-order valence-electron chi connectivity index (χ2n) is 2.60. The van der Waals surface area contributed by atoms with E-state index in [-0.39, 0.29) is 18.4 Å². The molecule has 1 amide bonds. The molecule has 6 nitrogen and oxygen atoms in total. The molecule has 0 saturated carbocycles. The molecule has 1 atom stereocenters. The second-order valence-corrected chi connectivity index (χ2v) is 2.60. The predicted octanol–water partition coefficient (Wildman–Crippen LogP) is -2.32. The monoisotopic (exact) mass is 173 g/mol. The maximum atomic E-state index is 11.1. The van der Waals surface area contributed by atoms with Gasteiger partial charge in [-0.1, -0.05) is 0 Å². The molecule has 0 spiro atoms. The van der Waals surface area contributed by atoms with Gasteiger partial charge < -0.3 is 22.1 Å². The van der Waals surface area contributed by atoms with Crippen LogP contribution < -0.4 is 17.2 Å². The number of nitrogens with zero attached hydrogens (tertiary/aromatic N) is 2. The molecule has 0 bridgehead atoms. The largest absolute Gasteiger partial charge is 0.370 e. The fraction of sp³-hybridized carbons (Fsp3) is 0.667. The molecule has 0 aliphatic rings. The molecule has 0 aliphatic carbocycles. The Morgan fingerprint density at radius 1 is 1.50 bits per heavy atom. The minimum absolute atomic E-state index is 0.0583. The highest BCUT2D eigenvalue weighted by molar-refractivity contribution is 5.82. The van der Waals surface area contributed by atoms with Crippen molar-refractivity contribution in [2.24, 2.45) is 22.2 Å². The van der Waals surface area contributed by atoms with E-state index in [0.717, 1.165) is 0 Å². The minimum Gasteiger partial charge on any atom is -0.370 e. The van der Waals surface area contributed by atoms with Gasteiger partial charge in [-0.25, -0.2) is 0 Å². The highest BCUT2D eigenvalue weighted by Crippen LogP contribution is 1.86. The number of hydrogen-bond acceptors (Lipinski definition) is 3. The quantitative estimate of drug-likeness (QED) is 0.328. The zero-order valence-electron chi connectivity index (χ0n) is 7.32. The smallest absolute Gasteiger partial charge is 0.240 e. The van der Waals surface area contributed by atoms with Crippen LogP contribution >= 0.6 is 0 Å². The van der Waals surface area contributed by atoms with Crippen molar-refractivity contribution in [2.45, 2.75) is 6.04 Å². The molecule has 1 unspecified atom stereocenters. The van der Waals surface area contributed by atoms with Gasteiger partial charge in [0.25, 0.3) is 0 Å². The summed E-state index contributed by atoms with van der Waals surface area (Å²) < 4.78 is 0. The Kier molecular flexibility index (Phi) is 4.06. The molecule has 12 heavy (non-hydrogen) atoms. The van der Waals surface area contributed by atoms with Gasteiger partial charge in [-0.05, 0) is 0 Å². The molecule has 0 rings (SSSR count). The fourth-order valence-corrected chi connectivity index (χ4v) is 0.613. The number of carbonyl (C=O) groups is 1. The average Bonchev–Trinajstić information content (AvgIpc) is 1.98. The van der Waals surface area contributed by atoms with Crippen LogP contribution in [0.4, 0.5) is 0 Å².